The van der Waals surface area contributed by atoms with Crippen molar-refractivity contribution in [3.05, 3.63) is 71.7 Å². The lowest BCUT2D eigenvalue weighted by Gasteiger charge is -2.31. The molecule has 226 valence electrons. The summed E-state index contributed by atoms with van der Waals surface area (Å²) in [5.74, 6) is -0.335. The van der Waals surface area contributed by atoms with Crippen LogP contribution in [-0.4, -0.2) is 58.2 Å². The standard InChI is InChI=1S/C34H41N5O4/c1-6-39-31-15-14-24(28-12-7-10-23(2)36-28)18-26(31)27(32(39)25-11-8-16-35-30(25)20-42-5)19-34(3,4)21-43-33(41)29-13-9-17-38(22-40)37-29/h7-8,10-12,14-16,18,22,29,37H,6,9,13,17,19-21H2,1-5H3/t29-/m0/s1. The fourth-order valence-corrected chi connectivity index (χ4v) is 5.95. The number of carbonyl (C=O) groups excluding carboxylic acids is 2. The van der Waals surface area contributed by atoms with Crippen molar-refractivity contribution in [2.75, 3.05) is 20.3 Å². The largest absolute Gasteiger partial charge is 0.464 e. The van der Waals surface area contributed by atoms with Gasteiger partial charge in [0.25, 0.3) is 0 Å². The maximum atomic E-state index is 13.0. The van der Waals surface area contributed by atoms with E-state index in [1.54, 1.807) is 13.3 Å². The number of nitrogens with zero attached hydrogens (tertiary/aromatic N) is 4. The monoisotopic (exact) mass is 583 g/mol. The first kappa shape index (κ1) is 30.4. The number of esters is 1. The molecule has 1 aliphatic rings. The zero-order valence-electron chi connectivity index (χ0n) is 25.7. The van der Waals surface area contributed by atoms with Gasteiger partial charge >= 0.3 is 5.97 Å². The predicted molar refractivity (Wildman–Crippen MR) is 167 cm³/mol. The molecule has 1 aromatic carbocycles. The van der Waals surface area contributed by atoms with Gasteiger partial charge in [-0.25, -0.2) is 5.43 Å². The van der Waals surface area contributed by atoms with E-state index in [2.05, 4.69) is 60.0 Å². The number of pyridine rings is 2. The summed E-state index contributed by atoms with van der Waals surface area (Å²) in [4.78, 5) is 33.7. The number of rotatable bonds is 11. The SMILES string of the molecule is CCn1c(-c2cccnc2COC)c(CC(C)(C)COC(=O)[C@@H]2CCCN(C=O)N2)c2cc(-c3cccc(C)n3)ccc21. The molecule has 0 aliphatic carbocycles. The van der Waals surface area contributed by atoms with E-state index in [0.29, 0.717) is 32.4 Å². The number of nitrogens with one attached hydrogen (secondary N) is 1. The minimum atomic E-state index is -0.524. The molecule has 1 fully saturated rings. The van der Waals surface area contributed by atoms with Gasteiger partial charge in [0.15, 0.2) is 0 Å². The number of hydrogen-bond donors (Lipinski definition) is 1. The number of hydrazine groups is 1. The molecule has 5 rings (SSSR count). The van der Waals surface area contributed by atoms with Crippen LogP contribution in [-0.2, 0) is 38.6 Å². The quantitative estimate of drug-likeness (QED) is 0.185. The number of aryl methyl sites for hydroxylation is 2. The highest BCUT2D eigenvalue weighted by atomic mass is 16.5. The van der Waals surface area contributed by atoms with E-state index < -0.39 is 11.5 Å². The first-order chi connectivity index (χ1) is 20.7. The Morgan fingerprint density at radius 3 is 2.77 bits per heavy atom. The van der Waals surface area contributed by atoms with Crippen molar-refractivity contribution in [2.24, 2.45) is 5.41 Å². The molecule has 0 saturated carbocycles. The predicted octanol–water partition coefficient (Wildman–Crippen LogP) is 5.48. The van der Waals surface area contributed by atoms with Gasteiger partial charge in [0, 0.05) is 59.5 Å². The average Bonchev–Trinajstić information content (AvgIpc) is 3.31. The van der Waals surface area contributed by atoms with Crippen LogP contribution in [0.3, 0.4) is 0 Å². The lowest BCUT2D eigenvalue weighted by atomic mass is 9.84. The number of hydrogen-bond acceptors (Lipinski definition) is 7. The Morgan fingerprint density at radius 1 is 1.19 bits per heavy atom. The van der Waals surface area contributed by atoms with E-state index in [-0.39, 0.29) is 12.6 Å². The van der Waals surface area contributed by atoms with Crippen LogP contribution in [0.25, 0.3) is 33.4 Å². The Kier molecular flexibility index (Phi) is 9.22. The Labute approximate surface area is 253 Å². The molecule has 0 spiro atoms. The molecule has 9 heteroatoms. The zero-order valence-corrected chi connectivity index (χ0v) is 25.7. The minimum Gasteiger partial charge on any atom is -0.464 e. The lowest BCUT2D eigenvalue weighted by Crippen LogP contribution is -2.52. The average molecular weight is 584 g/mol. The van der Waals surface area contributed by atoms with E-state index >= 15 is 0 Å². The molecule has 43 heavy (non-hydrogen) atoms. The maximum absolute atomic E-state index is 13.0. The molecule has 9 nitrogen and oxygen atoms in total. The van der Waals surface area contributed by atoms with Crippen molar-refractivity contribution in [3.8, 4) is 22.5 Å². The fourth-order valence-electron chi connectivity index (χ4n) is 5.95. The second kappa shape index (κ2) is 13.1. The molecule has 1 amide bonds. The van der Waals surface area contributed by atoms with E-state index in [1.807, 2.05) is 31.2 Å². The van der Waals surface area contributed by atoms with Gasteiger partial charge in [0.05, 0.1) is 30.3 Å². The summed E-state index contributed by atoms with van der Waals surface area (Å²) < 4.78 is 13.8. The van der Waals surface area contributed by atoms with Crippen LogP contribution < -0.4 is 5.43 Å². The van der Waals surface area contributed by atoms with Crippen LogP contribution in [0.1, 0.15) is 50.6 Å². The van der Waals surface area contributed by atoms with Crippen molar-refractivity contribution in [1.82, 2.24) is 25.0 Å². The van der Waals surface area contributed by atoms with Crippen LogP contribution in [0, 0.1) is 12.3 Å². The molecule has 0 bridgehead atoms. The highest BCUT2D eigenvalue weighted by Crippen LogP contribution is 2.40. The number of ether oxygens (including phenoxy) is 2. The number of carbonyl (C=O) groups is 2. The summed E-state index contributed by atoms with van der Waals surface area (Å²) in [7, 11) is 1.68. The van der Waals surface area contributed by atoms with Crippen LogP contribution in [0.15, 0.2) is 54.7 Å². The Balaban J connectivity index is 1.56. The third-order valence-electron chi connectivity index (χ3n) is 7.98. The first-order valence-electron chi connectivity index (χ1n) is 14.9. The van der Waals surface area contributed by atoms with Crippen molar-refractivity contribution in [1.29, 1.82) is 0 Å². The van der Waals surface area contributed by atoms with Crippen molar-refractivity contribution >= 4 is 23.3 Å². The summed E-state index contributed by atoms with van der Waals surface area (Å²) in [6, 6.07) is 16.2. The fraction of sp³-hybridized carbons (Fsp3) is 0.412. The van der Waals surface area contributed by atoms with Crippen molar-refractivity contribution < 1.29 is 19.1 Å². The zero-order chi connectivity index (χ0) is 30.6. The van der Waals surface area contributed by atoms with Crippen LogP contribution in [0.4, 0.5) is 0 Å². The van der Waals surface area contributed by atoms with Gasteiger partial charge in [-0.1, -0.05) is 26.0 Å². The molecule has 0 unspecified atom stereocenters. The lowest BCUT2D eigenvalue weighted by molar-refractivity contribution is -0.152. The third kappa shape index (κ3) is 6.63. The van der Waals surface area contributed by atoms with Gasteiger partial charge in [-0.05, 0) is 75.1 Å². The van der Waals surface area contributed by atoms with E-state index in [1.165, 1.54) is 10.6 Å². The van der Waals surface area contributed by atoms with Gasteiger partial charge in [0.2, 0.25) is 6.41 Å². The highest BCUT2D eigenvalue weighted by Gasteiger charge is 2.31. The number of benzene rings is 1. The van der Waals surface area contributed by atoms with Crippen LogP contribution >= 0.6 is 0 Å². The Morgan fingerprint density at radius 2 is 2.02 bits per heavy atom. The molecule has 4 heterocycles. The molecule has 4 aromatic rings. The summed E-state index contributed by atoms with van der Waals surface area (Å²) in [6.45, 7) is 10.4. The third-order valence-corrected chi connectivity index (χ3v) is 7.98. The summed E-state index contributed by atoms with van der Waals surface area (Å²) in [5, 5.41) is 2.55. The summed E-state index contributed by atoms with van der Waals surface area (Å²) >= 11 is 0. The van der Waals surface area contributed by atoms with Crippen LogP contribution in [0.2, 0.25) is 0 Å². The second-order valence-electron chi connectivity index (χ2n) is 12.0. The number of methoxy groups -OCH3 is 1. The number of fused-ring (bicyclic) bond motifs is 1. The Bertz CT molecular complexity index is 1610. The molecular formula is C34H41N5O4. The van der Waals surface area contributed by atoms with Gasteiger partial charge in [-0.3, -0.25) is 24.6 Å². The van der Waals surface area contributed by atoms with Gasteiger partial charge in [0.1, 0.15) is 6.04 Å². The smallest absolute Gasteiger partial charge is 0.324 e. The number of aromatic nitrogens is 3. The molecular weight excluding hydrogens is 542 g/mol. The molecule has 0 radical (unpaired) electrons. The van der Waals surface area contributed by atoms with Gasteiger partial charge in [-0.15, -0.1) is 0 Å². The Hall–Kier alpha value is -4.08. The normalized spacial score (nSPS) is 15.6. The summed E-state index contributed by atoms with van der Waals surface area (Å²) in [5.41, 5.74) is 10.8. The molecule has 3 aromatic heterocycles. The minimum absolute atomic E-state index is 0.237. The molecule has 1 saturated heterocycles. The first-order valence-corrected chi connectivity index (χ1v) is 14.9. The topological polar surface area (TPSA) is 98.6 Å². The van der Waals surface area contributed by atoms with E-state index in [9.17, 15) is 9.59 Å². The maximum Gasteiger partial charge on any atom is 0.324 e. The van der Waals surface area contributed by atoms with E-state index in [0.717, 1.165) is 57.8 Å². The second-order valence-corrected chi connectivity index (χ2v) is 12.0. The number of amides is 1. The van der Waals surface area contributed by atoms with Crippen molar-refractivity contribution in [2.45, 2.75) is 66.2 Å². The molecule has 1 N–H and O–H groups in total. The van der Waals surface area contributed by atoms with E-state index in [4.69, 9.17) is 14.5 Å². The van der Waals surface area contributed by atoms with Gasteiger partial charge < -0.3 is 14.0 Å². The van der Waals surface area contributed by atoms with Crippen LogP contribution in [0.5, 0.6) is 0 Å². The van der Waals surface area contributed by atoms with Gasteiger partial charge in [-0.2, -0.15) is 0 Å². The molecule has 1 aliphatic heterocycles. The highest BCUT2D eigenvalue weighted by molar-refractivity contribution is 5.95. The molecule has 1 atom stereocenters. The van der Waals surface area contributed by atoms with Crippen molar-refractivity contribution in [3.63, 3.8) is 0 Å². The summed E-state index contributed by atoms with van der Waals surface area (Å²) in [6.07, 6.45) is 4.56.